The van der Waals surface area contributed by atoms with Crippen LogP contribution >= 0.6 is 0 Å². The number of hydrogen-bond acceptors (Lipinski definition) is 5. The Balaban J connectivity index is 2.50. The van der Waals surface area contributed by atoms with Crippen molar-refractivity contribution < 1.29 is 23.9 Å². The quantitative estimate of drug-likeness (QED) is 0.505. The van der Waals surface area contributed by atoms with E-state index in [1.807, 2.05) is 0 Å². The van der Waals surface area contributed by atoms with E-state index in [1.165, 1.54) is 38.3 Å². The molecule has 1 aromatic carbocycles. The summed E-state index contributed by atoms with van der Waals surface area (Å²) in [5, 5.41) is 2.28. The molecule has 3 amide bonds. The fourth-order valence-corrected chi connectivity index (χ4v) is 1.32. The van der Waals surface area contributed by atoms with Crippen molar-refractivity contribution in [1.82, 2.24) is 16.2 Å². The van der Waals surface area contributed by atoms with E-state index >= 15 is 0 Å². The molecule has 0 bridgehead atoms. The predicted octanol–water partition coefficient (Wildman–Crippen LogP) is -0.630. The second-order valence-electron chi connectivity index (χ2n) is 3.98. The number of hydrogen-bond donors (Lipinski definition) is 3. The second kappa shape index (κ2) is 7.63. The SMILES string of the molecule is COC(=O)c1ccc(C(=O)NNC(=O)CNC(C)=O)cc1. The maximum atomic E-state index is 11.7. The van der Waals surface area contributed by atoms with E-state index in [9.17, 15) is 19.2 Å². The molecule has 1 aromatic rings. The van der Waals surface area contributed by atoms with Gasteiger partial charge in [0.1, 0.15) is 0 Å². The summed E-state index contributed by atoms with van der Waals surface area (Å²) < 4.78 is 4.53. The van der Waals surface area contributed by atoms with Gasteiger partial charge in [-0.15, -0.1) is 0 Å². The zero-order valence-electron chi connectivity index (χ0n) is 11.6. The Labute approximate surface area is 120 Å². The molecule has 1 rings (SSSR count). The maximum Gasteiger partial charge on any atom is 0.337 e. The zero-order chi connectivity index (χ0) is 15.8. The van der Waals surface area contributed by atoms with Crippen molar-refractivity contribution in [1.29, 1.82) is 0 Å². The molecule has 3 N–H and O–H groups in total. The van der Waals surface area contributed by atoms with E-state index < -0.39 is 17.8 Å². The van der Waals surface area contributed by atoms with Gasteiger partial charge in [0.15, 0.2) is 0 Å². The minimum absolute atomic E-state index is 0.239. The van der Waals surface area contributed by atoms with Gasteiger partial charge in [-0.3, -0.25) is 25.2 Å². The van der Waals surface area contributed by atoms with E-state index in [-0.39, 0.29) is 18.0 Å². The lowest BCUT2D eigenvalue weighted by molar-refractivity contribution is -0.125. The van der Waals surface area contributed by atoms with Gasteiger partial charge in [0, 0.05) is 12.5 Å². The monoisotopic (exact) mass is 293 g/mol. The maximum absolute atomic E-state index is 11.7. The number of ether oxygens (including phenoxy) is 1. The first-order valence-corrected chi connectivity index (χ1v) is 5.96. The Bertz CT molecular complexity index is 553. The van der Waals surface area contributed by atoms with Crippen LogP contribution in [0.3, 0.4) is 0 Å². The van der Waals surface area contributed by atoms with Crippen molar-refractivity contribution in [2.75, 3.05) is 13.7 Å². The normalized spacial score (nSPS) is 9.43. The first-order valence-electron chi connectivity index (χ1n) is 5.96. The van der Waals surface area contributed by atoms with E-state index in [2.05, 4.69) is 20.9 Å². The summed E-state index contributed by atoms with van der Waals surface area (Å²) in [4.78, 5) is 44.8. The Kier molecular flexibility index (Phi) is 5.87. The fourth-order valence-electron chi connectivity index (χ4n) is 1.32. The molecule has 0 heterocycles. The van der Waals surface area contributed by atoms with Crippen LogP contribution in [0.25, 0.3) is 0 Å². The van der Waals surface area contributed by atoms with Gasteiger partial charge in [0.05, 0.1) is 19.2 Å². The summed E-state index contributed by atoms with van der Waals surface area (Å²) in [5.41, 5.74) is 4.88. The highest BCUT2D eigenvalue weighted by atomic mass is 16.5. The average molecular weight is 293 g/mol. The molecule has 0 saturated heterocycles. The van der Waals surface area contributed by atoms with Gasteiger partial charge in [-0.25, -0.2) is 4.79 Å². The van der Waals surface area contributed by atoms with E-state index in [0.717, 1.165) is 0 Å². The van der Waals surface area contributed by atoms with Crippen LogP contribution in [0.15, 0.2) is 24.3 Å². The molecule has 0 atom stereocenters. The highest BCUT2D eigenvalue weighted by Gasteiger charge is 2.10. The molecule has 8 nitrogen and oxygen atoms in total. The van der Waals surface area contributed by atoms with Crippen molar-refractivity contribution in [2.24, 2.45) is 0 Å². The fraction of sp³-hybridized carbons (Fsp3) is 0.231. The molecule has 0 aromatic heterocycles. The van der Waals surface area contributed by atoms with Gasteiger partial charge in [-0.05, 0) is 24.3 Å². The average Bonchev–Trinajstić information content (AvgIpc) is 2.49. The molecule has 0 fully saturated rings. The smallest absolute Gasteiger partial charge is 0.337 e. The molecule has 0 aliphatic carbocycles. The second-order valence-corrected chi connectivity index (χ2v) is 3.98. The Morgan fingerprint density at radius 2 is 1.57 bits per heavy atom. The summed E-state index contributed by atoms with van der Waals surface area (Å²) in [6.45, 7) is 1.03. The zero-order valence-corrected chi connectivity index (χ0v) is 11.6. The number of benzene rings is 1. The summed E-state index contributed by atoms with van der Waals surface area (Å²) in [7, 11) is 1.26. The molecule has 21 heavy (non-hydrogen) atoms. The number of rotatable bonds is 4. The first kappa shape index (κ1) is 16.2. The molecular weight excluding hydrogens is 278 g/mol. The number of carbonyl (C=O) groups is 4. The summed E-state index contributed by atoms with van der Waals surface area (Å²) in [5.74, 6) is -1.98. The van der Waals surface area contributed by atoms with Crippen molar-refractivity contribution in [3.8, 4) is 0 Å². The van der Waals surface area contributed by atoms with E-state index in [4.69, 9.17) is 0 Å². The van der Waals surface area contributed by atoms with Crippen molar-refractivity contribution in [2.45, 2.75) is 6.92 Å². The van der Waals surface area contributed by atoms with Gasteiger partial charge in [0.25, 0.3) is 11.8 Å². The lowest BCUT2D eigenvalue weighted by atomic mass is 10.1. The van der Waals surface area contributed by atoms with E-state index in [0.29, 0.717) is 5.56 Å². The van der Waals surface area contributed by atoms with Crippen LogP contribution in [0.2, 0.25) is 0 Å². The van der Waals surface area contributed by atoms with Crippen LogP contribution in [0, 0.1) is 0 Å². The van der Waals surface area contributed by atoms with Crippen LogP contribution in [-0.2, 0) is 14.3 Å². The third-order valence-electron chi connectivity index (χ3n) is 2.38. The molecular formula is C13H15N3O5. The molecule has 112 valence electrons. The lowest BCUT2D eigenvalue weighted by Crippen LogP contribution is -2.46. The minimum atomic E-state index is -0.565. The van der Waals surface area contributed by atoms with Gasteiger partial charge >= 0.3 is 5.97 Å². The number of amides is 3. The van der Waals surface area contributed by atoms with Crippen LogP contribution in [-0.4, -0.2) is 37.3 Å². The molecule has 0 spiro atoms. The third kappa shape index (κ3) is 5.31. The van der Waals surface area contributed by atoms with Crippen LogP contribution in [0.4, 0.5) is 0 Å². The molecule has 8 heteroatoms. The molecule has 0 saturated carbocycles. The Morgan fingerprint density at radius 1 is 1.00 bits per heavy atom. The van der Waals surface area contributed by atoms with Gasteiger partial charge in [-0.2, -0.15) is 0 Å². The van der Waals surface area contributed by atoms with Crippen LogP contribution < -0.4 is 16.2 Å². The van der Waals surface area contributed by atoms with Crippen molar-refractivity contribution in [3.63, 3.8) is 0 Å². The summed E-state index contributed by atoms with van der Waals surface area (Å²) in [6.07, 6.45) is 0. The van der Waals surface area contributed by atoms with Crippen molar-refractivity contribution in [3.05, 3.63) is 35.4 Å². The summed E-state index contributed by atoms with van der Waals surface area (Å²) in [6, 6.07) is 5.70. The van der Waals surface area contributed by atoms with Gasteiger partial charge < -0.3 is 10.1 Å². The number of carbonyl (C=O) groups excluding carboxylic acids is 4. The first-order chi connectivity index (χ1) is 9.93. The van der Waals surface area contributed by atoms with Crippen LogP contribution in [0.1, 0.15) is 27.6 Å². The lowest BCUT2D eigenvalue weighted by Gasteiger charge is -2.08. The van der Waals surface area contributed by atoms with E-state index in [1.54, 1.807) is 0 Å². The Hall–Kier alpha value is -2.90. The summed E-state index contributed by atoms with van der Waals surface area (Å²) >= 11 is 0. The Morgan fingerprint density at radius 3 is 2.10 bits per heavy atom. The number of hydrazine groups is 1. The highest BCUT2D eigenvalue weighted by molar-refractivity contribution is 5.97. The largest absolute Gasteiger partial charge is 0.465 e. The minimum Gasteiger partial charge on any atom is -0.465 e. The van der Waals surface area contributed by atoms with Crippen molar-refractivity contribution >= 4 is 23.7 Å². The standard InChI is InChI=1S/C13H15N3O5/c1-8(17)14-7-11(18)15-16-12(19)9-3-5-10(6-4-9)13(20)21-2/h3-6H,7H2,1-2H3,(H,14,17)(H,15,18)(H,16,19). The van der Waals surface area contributed by atoms with Gasteiger partial charge in [0.2, 0.25) is 5.91 Å². The van der Waals surface area contributed by atoms with Gasteiger partial charge in [-0.1, -0.05) is 0 Å². The number of esters is 1. The van der Waals surface area contributed by atoms with Crippen LogP contribution in [0.5, 0.6) is 0 Å². The number of methoxy groups -OCH3 is 1. The molecule has 0 aliphatic heterocycles. The predicted molar refractivity (Wildman–Crippen MR) is 72.1 cm³/mol. The molecule has 0 unspecified atom stereocenters. The topological polar surface area (TPSA) is 114 Å². The molecule has 0 aliphatic rings. The highest BCUT2D eigenvalue weighted by Crippen LogP contribution is 2.05. The molecule has 0 radical (unpaired) electrons. The third-order valence-corrected chi connectivity index (χ3v) is 2.38. The number of nitrogens with one attached hydrogen (secondary N) is 3.